The van der Waals surface area contributed by atoms with E-state index in [0.717, 1.165) is 6.20 Å². The van der Waals surface area contributed by atoms with Crippen LogP contribution in [-0.2, 0) is 6.61 Å². The average Bonchev–Trinajstić information content (AvgIpc) is 2.37. The molecule has 92 valence electrons. The summed E-state index contributed by atoms with van der Waals surface area (Å²) in [6.45, 7) is 0.214. The van der Waals surface area contributed by atoms with E-state index in [0.29, 0.717) is 16.9 Å². The minimum atomic E-state index is -0.395. The van der Waals surface area contributed by atoms with Gasteiger partial charge in [-0.3, -0.25) is 10.4 Å². The summed E-state index contributed by atoms with van der Waals surface area (Å²) in [5, 5.41) is 7.32. The molecule has 18 heavy (non-hydrogen) atoms. The SMILES string of the molecule is N=C(N)c1cccc(OCc2cncc(F)c2)c1. The number of rotatable bonds is 4. The Kier molecular flexibility index (Phi) is 3.52. The second kappa shape index (κ2) is 5.27. The van der Waals surface area contributed by atoms with E-state index in [9.17, 15) is 4.39 Å². The fourth-order valence-electron chi connectivity index (χ4n) is 1.45. The number of hydrogen-bond donors (Lipinski definition) is 2. The highest BCUT2D eigenvalue weighted by molar-refractivity contribution is 5.95. The van der Waals surface area contributed by atoms with Gasteiger partial charge in [-0.15, -0.1) is 0 Å². The molecule has 2 aromatic rings. The van der Waals surface area contributed by atoms with E-state index in [4.69, 9.17) is 15.9 Å². The predicted molar refractivity (Wildman–Crippen MR) is 66.0 cm³/mol. The highest BCUT2D eigenvalue weighted by atomic mass is 19.1. The summed E-state index contributed by atoms with van der Waals surface area (Å²) in [5.74, 6) is 0.161. The summed E-state index contributed by atoms with van der Waals surface area (Å²) in [4.78, 5) is 3.73. The third-order valence-corrected chi connectivity index (χ3v) is 2.31. The van der Waals surface area contributed by atoms with Gasteiger partial charge in [0.15, 0.2) is 0 Å². The van der Waals surface area contributed by atoms with Crippen molar-refractivity contribution >= 4 is 5.84 Å². The van der Waals surface area contributed by atoms with Gasteiger partial charge >= 0.3 is 0 Å². The van der Waals surface area contributed by atoms with Gasteiger partial charge in [-0.2, -0.15) is 0 Å². The molecule has 2 rings (SSSR count). The smallest absolute Gasteiger partial charge is 0.141 e. The first-order valence-corrected chi connectivity index (χ1v) is 5.32. The Labute approximate surface area is 104 Å². The molecule has 0 radical (unpaired) electrons. The monoisotopic (exact) mass is 245 g/mol. The largest absolute Gasteiger partial charge is 0.489 e. The minimum Gasteiger partial charge on any atom is -0.489 e. The van der Waals surface area contributed by atoms with Crippen LogP contribution >= 0.6 is 0 Å². The molecule has 0 saturated heterocycles. The lowest BCUT2D eigenvalue weighted by Crippen LogP contribution is -2.10. The van der Waals surface area contributed by atoms with Gasteiger partial charge in [0.05, 0.1) is 6.20 Å². The number of ether oxygens (including phenoxy) is 1. The number of aromatic nitrogens is 1. The lowest BCUT2D eigenvalue weighted by Gasteiger charge is -2.07. The first-order valence-electron chi connectivity index (χ1n) is 5.32. The number of amidine groups is 1. The van der Waals surface area contributed by atoms with E-state index in [1.165, 1.54) is 12.3 Å². The standard InChI is InChI=1S/C13H12FN3O/c14-11-4-9(6-17-7-11)8-18-12-3-1-2-10(5-12)13(15)16/h1-7H,8H2,(H3,15,16). The molecule has 0 atom stereocenters. The van der Waals surface area contributed by atoms with Crippen LogP contribution in [0.4, 0.5) is 4.39 Å². The number of nitrogens with two attached hydrogens (primary N) is 1. The number of nitrogen functional groups attached to an aromatic ring is 1. The predicted octanol–water partition coefficient (Wildman–Crippen LogP) is 2.08. The van der Waals surface area contributed by atoms with Crippen molar-refractivity contribution in [1.82, 2.24) is 4.98 Å². The van der Waals surface area contributed by atoms with Crippen molar-refractivity contribution in [2.45, 2.75) is 6.61 Å². The van der Waals surface area contributed by atoms with Crippen molar-refractivity contribution < 1.29 is 9.13 Å². The number of hydrogen-bond acceptors (Lipinski definition) is 3. The lowest BCUT2D eigenvalue weighted by atomic mass is 10.2. The molecule has 0 amide bonds. The van der Waals surface area contributed by atoms with Gasteiger partial charge in [0, 0.05) is 17.3 Å². The summed E-state index contributed by atoms with van der Waals surface area (Å²) in [5.41, 5.74) is 6.61. The van der Waals surface area contributed by atoms with Gasteiger partial charge in [0.2, 0.25) is 0 Å². The fraction of sp³-hybridized carbons (Fsp3) is 0.0769. The number of nitrogens with zero attached hydrogens (tertiary/aromatic N) is 1. The van der Waals surface area contributed by atoms with Crippen LogP contribution in [0.15, 0.2) is 42.7 Å². The first kappa shape index (κ1) is 12.0. The maximum Gasteiger partial charge on any atom is 0.141 e. The Balaban J connectivity index is 2.06. The minimum absolute atomic E-state index is 0.0205. The molecule has 0 saturated carbocycles. The maximum absolute atomic E-state index is 12.9. The van der Waals surface area contributed by atoms with Crippen LogP contribution in [0.2, 0.25) is 0 Å². The number of nitrogens with one attached hydrogen (secondary N) is 1. The van der Waals surface area contributed by atoms with E-state index < -0.39 is 5.82 Å². The van der Waals surface area contributed by atoms with E-state index in [1.54, 1.807) is 24.3 Å². The molecule has 0 unspecified atom stereocenters. The Morgan fingerprint density at radius 1 is 1.33 bits per heavy atom. The van der Waals surface area contributed by atoms with Crippen LogP contribution in [0.25, 0.3) is 0 Å². The van der Waals surface area contributed by atoms with Crippen molar-refractivity contribution in [2.24, 2.45) is 5.73 Å². The van der Waals surface area contributed by atoms with Crippen LogP contribution in [-0.4, -0.2) is 10.8 Å². The van der Waals surface area contributed by atoms with Crippen molar-refractivity contribution in [1.29, 1.82) is 5.41 Å². The Hall–Kier alpha value is -2.43. The van der Waals surface area contributed by atoms with Gasteiger partial charge in [0.25, 0.3) is 0 Å². The van der Waals surface area contributed by atoms with Gasteiger partial charge in [-0.05, 0) is 18.2 Å². The molecule has 0 bridgehead atoms. The number of halogens is 1. The first-order chi connectivity index (χ1) is 8.65. The number of pyridine rings is 1. The molecule has 0 fully saturated rings. The van der Waals surface area contributed by atoms with Crippen LogP contribution in [0.3, 0.4) is 0 Å². The van der Waals surface area contributed by atoms with Gasteiger partial charge in [0.1, 0.15) is 24.0 Å². The summed E-state index contributed by atoms with van der Waals surface area (Å²) >= 11 is 0. The molecular formula is C13H12FN3O. The van der Waals surface area contributed by atoms with Gasteiger partial charge in [-0.25, -0.2) is 4.39 Å². The topological polar surface area (TPSA) is 72.0 Å². The van der Waals surface area contributed by atoms with E-state index in [1.807, 2.05) is 0 Å². The lowest BCUT2D eigenvalue weighted by molar-refractivity contribution is 0.305. The van der Waals surface area contributed by atoms with E-state index >= 15 is 0 Å². The molecule has 5 heteroatoms. The Morgan fingerprint density at radius 2 is 2.17 bits per heavy atom. The highest BCUT2D eigenvalue weighted by Gasteiger charge is 2.01. The molecule has 0 aliphatic rings. The van der Waals surface area contributed by atoms with Crippen molar-refractivity contribution in [3.8, 4) is 5.75 Å². The Morgan fingerprint density at radius 3 is 2.89 bits per heavy atom. The summed E-state index contributed by atoms with van der Waals surface area (Å²) < 4.78 is 18.4. The van der Waals surface area contributed by atoms with E-state index in [-0.39, 0.29) is 12.4 Å². The number of benzene rings is 1. The summed E-state index contributed by atoms with van der Waals surface area (Å²) in [6, 6.07) is 8.24. The van der Waals surface area contributed by atoms with Crippen LogP contribution in [0.5, 0.6) is 5.75 Å². The van der Waals surface area contributed by atoms with E-state index in [2.05, 4.69) is 4.98 Å². The maximum atomic E-state index is 12.9. The second-order valence-corrected chi connectivity index (χ2v) is 3.74. The van der Waals surface area contributed by atoms with Crippen LogP contribution in [0.1, 0.15) is 11.1 Å². The third-order valence-electron chi connectivity index (χ3n) is 2.31. The molecule has 1 aromatic heterocycles. The third kappa shape index (κ3) is 3.04. The molecule has 1 aromatic carbocycles. The summed E-state index contributed by atoms with van der Waals surface area (Å²) in [7, 11) is 0. The Bertz CT molecular complexity index is 572. The van der Waals surface area contributed by atoms with Crippen LogP contribution in [0, 0.1) is 11.2 Å². The quantitative estimate of drug-likeness (QED) is 0.640. The zero-order valence-electron chi connectivity index (χ0n) is 9.56. The highest BCUT2D eigenvalue weighted by Crippen LogP contribution is 2.14. The van der Waals surface area contributed by atoms with Crippen molar-refractivity contribution in [3.63, 3.8) is 0 Å². The summed E-state index contributed by atoms with van der Waals surface area (Å²) in [6.07, 6.45) is 2.68. The van der Waals surface area contributed by atoms with Gasteiger partial charge in [-0.1, -0.05) is 12.1 Å². The van der Waals surface area contributed by atoms with Gasteiger partial charge < -0.3 is 10.5 Å². The van der Waals surface area contributed by atoms with Crippen LogP contribution < -0.4 is 10.5 Å². The molecule has 0 aliphatic carbocycles. The molecular weight excluding hydrogens is 233 g/mol. The second-order valence-electron chi connectivity index (χ2n) is 3.74. The molecule has 4 nitrogen and oxygen atoms in total. The van der Waals surface area contributed by atoms with Crippen molar-refractivity contribution in [3.05, 3.63) is 59.7 Å². The van der Waals surface area contributed by atoms with Crippen molar-refractivity contribution in [2.75, 3.05) is 0 Å². The fourth-order valence-corrected chi connectivity index (χ4v) is 1.45. The molecule has 3 N–H and O–H groups in total. The normalized spacial score (nSPS) is 10.1. The molecule has 0 aliphatic heterocycles. The zero-order valence-corrected chi connectivity index (χ0v) is 9.56. The molecule has 0 spiro atoms. The average molecular weight is 245 g/mol. The molecule has 1 heterocycles. The zero-order chi connectivity index (χ0) is 13.0.